The van der Waals surface area contributed by atoms with Crippen LogP contribution in [-0.2, 0) is 9.59 Å². The Morgan fingerprint density at radius 3 is 1.83 bits per heavy atom. The highest BCUT2D eigenvalue weighted by Gasteiger charge is 2.26. The highest BCUT2D eigenvalue weighted by molar-refractivity contribution is 6.07. The molecule has 0 saturated carbocycles. The van der Waals surface area contributed by atoms with E-state index in [0.29, 0.717) is 28.4 Å². The van der Waals surface area contributed by atoms with Crippen LogP contribution in [0.1, 0.15) is 82.8 Å². The fourth-order valence-corrected chi connectivity index (χ4v) is 2.90. The van der Waals surface area contributed by atoms with Crippen LogP contribution in [0.3, 0.4) is 0 Å². The maximum absolute atomic E-state index is 12.7. The van der Waals surface area contributed by atoms with E-state index in [4.69, 9.17) is 14.2 Å². The predicted octanol–water partition coefficient (Wildman–Crippen LogP) is 6.62. The number of hydrogen-bond donors (Lipinski definition) is 0. The molecule has 6 heteroatoms. The van der Waals surface area contributed by atoms with E-state index < -0.39 is 10.8 Å². The number of allylic oxidation sites excluding steroid dienone is 1. The van der Waals surface area contributed by atoms with Crippen molar-refractivity contribution in [2.24, 2.45) is 10.8 Å². The van der Waals surface area contributed by atoms with Gasteiger partial charge in [-0.25, -0.2) is 0 Å². The summed E-state index contributed by atoms with van der Waals surface area (Å²) in [4.78, 5) is 37.2. The average molecular weight is 481 g/mol. The first kappa shape index (κ1) is 27.8. The summed E-state index contributed by atoms with van der Waals surface area (Å²) >= 11 is 0. The Kier molecular flexibility index (Phi) is 8.66. The van der Waals surface area contributed by atoms with Crippen LogP contribution in [0.2, 0.25) is 0 Å². The van der Waals surface area contributed by atoms with Crippen LogP contribution in [-0.4, -0.2) is 24.8 Å². The number of rotatable bonds is 7. The Morgan fingerprint density at radius 1 is 0.800 bits per heavy atom. The summed E-state index contributed by atoms with van der Waals surface area (Å²) in [5, 5.41) is 0. The van der Waals surface area contributed by atoms with E-state index in [1.54, 1.807) is 78.0 Å². The van der Waals surface area contributed by atoms with Gasteiger partial charge in [-0.1, -0.05) is 13.8 Å². The number of esters is 2. The van der Waals surface area contributed by atoms with E-state index in [2.05, 4.69) is 0 Å². The van der Waals surface area contributed by atoms with Crippen LogP contribution < -0.4 is 14.2 Å². The van der Waals surface area contributed by atoms with E-state index in [9.17, 15) is 14.4 Å². The van der Waals surface area contributed by atoms with Gasteiger partial charge in [-0.2, -0.15) is 0 Å². The second-order valence-electron chi connectivity index (χ2n) is 10.8. The topological polar surface area (TPSA) is 78.9 Å². The minimum atomic E-state index is -0.646. The lowest BCUT2D eigenvalue weighted by Crippen LogP contribution is -2.26. The van der Waals surface area contributed by atoms with Gasteiger partial charge in [0.05, 0.1) is 17.9 Å². The zero-order chi connectivity index (χ0) is 26.6. The van der Waals surface area contributed by atoms with Gasteiger partial charge in [0.15, 0.2) is 5.78 Å². The number of carbonyl (C=O) groups excluding carboxylic acids is 3. The lowest BCUT2D eigenvalue weighted by molar-refractivity contribution is -0.143. The molecular formula is C29H36O6. The van der Waals surface area contributed by atoms with Gasteiger partial charge in [0.1, 0.15) is 17.2 Å². The molecule has 0 bridgehead atoms. The first-order valence-electron chi connectivity index (χ1n) is 11.6. The van der Waals surface area contributed by atoms with Gasteiger partial charge in [0.25, 0.3) is 0 Å². The lowest BCUT2D eigenvalue weighted by Gasteiger charge is -2.20. The standard InChI is InChI=1S/C29H36O6/c1-18(2)22-16-20(24(33-9)17-25(22)35-27(32)29(6,7)8)12-15-23(30)19-10-13-21(14-11-19)34-26(31)28(3,4)5/h10-18H,1-9H3. The van der Waals surface area contributed by atoms with Crippen molar-refractivity contribution in [3.63, 3.8) is 0 Å². The van der Waals surface area contributed by atoms with Crippen LogP contribution in [0.15, 0.2) is 42.5 Å². The number of benzene rings is 2. The Hall–Kier alpha value is -3.41. The van der Waals surface area contributed by atoms with Crippen molar-refractivity contribution in [1.29, 1.82) is 0 Å². The van der Waals surface area contributed by atoms with E-state index in [1.165, 1.54) is 13.2 Å². The van der Waals surface area contributed by atoms with Crippen molar-refractivity contribution in [2.45, 2.75) is 61.3 Å². The normalized spacial score (nSPS) is 12.1. The second-order valence-corrected chi connectivity index (χ2v) is 10.8. The number of hydrogen-bond acceptors (Lipinski definition) is 6. The van der Waals surface area contributed by atoms with Gasteiger partial charge in [-0.3, -0.25) is 14.4 Å². The molecule has 0 atom stereocenters. The summed E-state index contributed by atoms with van der Waals surface area (Å²) < 4.78 is 16.5. The fraction of sp³-hybridized carbons (Fsp3) is 0.414. The van der Waals surface area contributed by atoms with Gasteiger partial charge in [-0.05, 0) is 95.5 Å². The second kappa shape index (κ2) is 10.9. The van der Waals surface area contributed by atoms with Crippen LogP contribution in [0.25, 0.3) is 6.08 Å². The third-order valence-corrected chi connectivity index (χ3v) is 5.18. The molecule has 2 aromatic rings. The lowest BCUT2D eigenvalue weighted by atomic mass is 9.96. The van der Waals surface area contributed by atoms with Gasteiger partial charge < -0.3 is 14.2 Å². The van der Waals surface area contributed by atoms with E-state index >= 15 is 0 Å². The maximum Gasteiger partial charge on any atom is 0.316 e. The number of ketones is 1. The molecule has 35 heavy (non-hydrogen) atoms. The Labute approximate surface area is 208 Å². The van der Waals surface area contributed by atoms with Crippen molar-refractivity contribution in [2.75, 3.05) is 7.11 Å². The monoisotopic (exact) mass is 480 g/mol. The van der Waals surface area contributed by atoms with Crippen LogP contribution >= 0.6 is 0 Å². The van der Waals surface area contributed by atoms with Crippen molar-refractivity contribution >= 4 is 23.8 Å². The molecule has 0 fully saturated rings. The summed E-state index contributed by atoms with van der Waals surface area (Å²) in [5.74, 6) is 0.497. The van der Waals surface area contributed by atoms with Gasteiger partial charge in [-0.15, -0.1) is 0 Å². The molecule has 2 aromatic carbocycles. The summed E-state index contributed by atoms with van der Waals surface area (Å²) in [6.07, 6.45) is 3.13. The Bertz CT molecular complexity index is 1110. The molecule has 0 aliphatic carbocycles. The zero-order valence-electron chi connectivity index (χ0n) is 22.1. The zero-order valence-corrected chi connectivity index (χ0v) is 22.1. The molecule has 2 rings (SSSR count). The third-order valence-electron chi connectivity index (χ3n) is 5.18. The van der Waals surface area contributed by atoms with Crippen molar-refractivity contribution < 1.29 is 28.6 Å². The molecule has 0 amide bonds. The number of carbonyl (C=O) groups is 3. The first-order valence-corrected chi connectivity index (χ1v) is 11.6. The Morgan fingerprint density at radius 2 is 1.34 bits per heavy atom. The molecule has 0 saturated heterocycles. The smallest absolute Gasteiger partial charge is 0.316 e. The summed E-state index contributed by atoms with van der Waals surface area (Å²) in [5.41, 5.74) is 0.714. The molecular weight excluding hydrogens is 444 g/mol. The van der Waals surface area contributed by atoms with Crippen molar-refractivity contribution in [3.05, 3.63) is 59.2 Å². The number of methoxy groups -OCH3 is 1. The largest absolute Gasteiger partial charge is 0.496 e. The number of ether oxygens (including phenoxy) is 3. The van der Waals surface area contributed by atoms with Gasteiger partial charge >= 0.3 is 11.9 Å². The molecule has 0 aliphatic rings. The molecule has 0 heterocycles. The highest BCUT2D eigenvalue weighted by atomic mass is 16.5. The molecule has 0 unspecified atom stereocenters. The van der Waals surface area contributed by atoms with E-state index in [0.717, 1.165) is 5.56 Å². The third kappa shape index (κ3) is 7.54. The predicted molar refractivity (Wildman–Crippen MR) is 137 cm³/mol. The van der Waals surface area contributed by atoms with E-state index in [1.807, 2.05) is 19.9 Å². The minimum Gasteiger partial charge on any atom is -0.496 e. The molecule has 0 aromatic heterocycles. The van der Waals surface area contributed by atoms with Gasteiger partial charge in [0.2, 0.25) is 0 Å². The molecule has 6 nitrogen and oxygen atoms in total. The SMILES string of the molecule is COc1cc(OC(=O)C(C)(C)C)c(C(C)C)cc1C=CC(=O)c1ccc(OC(=O)C(C)(C)C)cc1. The molecule has 0 N–H and O–H groups in total. The van der Waals surface area contributed by atoms with E-state index in [-0.39, 0.29) is 23.6 Å². The summed E-state index contributed by atoms with van der Waals surface area (Å²) in [6.45, 7) is 14.7. The molecule has 0 radical (unpaired) electrons. The van der Waals surface area contributed by atoms with Crippen molar-refractivity contribution in [3.8, 4) is 17.2 Å². The Balaban J connectivity index is 2.28. The average Bonchev–Trinajstić information content (AvgIpc) is 2.76. The van der Waals surface area contributed by atoms with Gasteiger partial charge in [0, 0.05) is 17.2 Å². The molecule has 188 valence electrons. The molecule has 0 spiro atoms. The summed E-state index contributed by atoms with van der Waals surface area (Å²) in [7, 11) is 1.52. The quantitative estimate of drug-likeness (QED) is 0.192. The van der Waals surface area contributed by atoms with Crippen LogP contribution in [0, 0.1) is 10.8 Å². The minimum absolute atomic E-state index is 0.0786. The summed E-state index contributed by atoms with van der Waals surface area (Å²) in [6, 6.07) is 9.98. The van der Waals surface area contributed by atoms with Crippen molar-refractivity contribution in [1.82, 2.24) is 0 Å². The van der Waals surface area contributed by atoms with Crippen LogP contribution in [0.5, 0.6) is 17.2 Å². The first-order chi connectivity index (χ1) is 16.1. The van der Waals surface area contributed by atoms with Crippen LogP contribution in [0.4, 0.5) is 0 Å². The maximum atomic E-state index is 12.7. The fourth-order valence-electron chi connectivity index (χ4n) is 2.90. The molecule has 0 aliphatic heterocycles. The highest BCUT2D eigenvalue weighted by Crippen LogP contribution is 2.35.